The highest BCUT2D eigenvalue weighted by Crippen LogP contribution is 2.36. The summed E-state index contributed by atoms with van der Waals surface area (Å²) in [5, 5.41) is 8.86. The molecule has 2 aliphatic rings. The molecule has 5 rings (SSSR count). The van der Waals surface area contributed by atoms with Gasteiger partial charge in [-0.15, -0.1) is 0 Å². The first kappa shape index (κ1) is 20.9. The topological polar surface area (TPSA) is 65.6 Å². The predicted molar refractivity (Wildman–Crippen MR) is 112 cm³/mol. The molecule has 3 aromatic rings. The maximum atomic E-state index is 13.5. The van der Waals surface area contributed by atoms with Crippen LogP contribution in [0.25, 0.3) is 11.3 Å². The van der Waals surface area contributed by atoms with Gasteiger partial charge in [-0.25, -0.2) is 4.68 Å². The van der Waals surface area contributed by atoms with Crippen LogP contribution in [0.2, 0.25) is 0 Å². The Balaban J connectivity index is 1.59. The molecular weight excluding hydrogens is 419 g/mol. The minimum Gasteiger partial charge on any atom is -0.269 e. The van der Waals surface area contributed by atoms with Crippen LogP contribution in [0.5, 0.6) is 0 Å². The van der Waals surface area contributed by atoms with Crippen molar-refractivity contribution in [2.75, 3.05) is 0 Å². The van der Waals surface area contributed by atoms with Gasteiger partial charge in [0.1, 0.15) is 0 Å². The van der Waals surface area contributed by atoms with Gasteiger partial charge in [0.15, 0.2) is 0 Å². The molecule has 0 unspecified atom stereocenters. The average Bonchev–Trinajstić information content (AvgIpc) is 3.52. The Bertz CT molecular complexity index is 1170. The molecule has 2 aliphatic carbocycles. The van der Waals surface area contributed by atoms with Crippen molar-refractivity contribution in [3.8, 4) is 11.3 Å². The van der Waals surface area contributed by atoms with Crippen molar-refractivity contribution < 1.29 is 13.2 Å². The standard InChI is InChI=1S/C23H24F3N5O/c24-23(25,26)19-7-4-10-27-21(19)14-31-22(32)18(15-5-2-1-3-6-15)11-20(29-31)16-12-28-30(13-16)17-8-9-17/h4,7,10-13,15,17H,1-3,5-6,8-9,14H2. The molecule has 3 heterocycles. The Morgan fingerprint density at radius 2 is 1.88 bits per heavy atom. The lowest BCUT2D eigenvalue weighted by molar-refractivity contribution is -0.138. The Morgan fingerprint density at radius 1 is 1.09 bits per heavy atom. The third-order valence-electron chi connectivity index (χ3n) is 6.36. The van der Waals surface area contributed by atoms with Gasteiger partial charge in [0.25, 0.3) is 5.56 Å². The largest absolute Gasteiger partial charge is 0.418 e. The lowest BCUT2D eigenvalue weighted by atomic mass is 9.84. The molecule has 2 fully saturated rings. The SMILES string of the molecule is O=c1c(C2CCCCC2)cc(-c2cnn(C3CC3)c2)nn1Cc1ncccc1C(F)(F)F. The molecule has 9 heteroatoms. The number of aromatic nitrogens is 5. The first-order chi connectivity index (χ1) is 15.4. The van der Waals surface area contributed by atoms with E-state index in [4.69, 9.17) is 0 Å². The number of pyridine rings is 1. The Kier molecular flexibility index (Phi) is 5.35. The summed E-state index contributed by atoms with van der Waals surface area (Å²) in [5.74, 6) is 0.0912. The third kappa shape index (κ3) is 4.20. The molecule has 2 saturated carbocycles. The highest BCUT2D eigenvalue weighted by atomic mass is 19.4. The van der Waals surface area contributed by atoms with E-state index >= 15 is 0 Å². The van der Waals surface area contributed by atoms with E-state index in [1.807, 2.05) is 16.9 Å². The van der Waals surface area contributed by atoms with Crippen molar-refractivity contribution in [1.82, 2.24) is 24.5 Å². The number of alkyl halides is 3. The monoisotopic (exact) mass is 443 g/mol. The van der Waals surface area contributed by atoms with E-state index in [1.54, 1.807) is 6.20 Å². The number of hydrogen-bond donors (Lipinski definition) is 0. The van der Waals surface area contributed by atoms with Gasteiger partial charge in [0.2, 0.25) is 0 Å². The van der Waals surface area contributed by atoms with Crippen LogP contribution in [-0.2, 0) is 12.7 Å². The summed E-state index contributed by atoms with van der Waals surface area (Å²) in [5.41, 5.74) is 0.545. The molecule has 0 aromatic carbocycles. The summed E-state index contributed by atoms with van der Waals surface area (Å²) in [4.78, 5) is 17.2. The van der Waals surface area contributed by atoms with Crippen LogP contribution in [0.4, 0.5) is 13.2 Å². The van der Waals surface area contributed by atoms with E-state index in [0.717, 1.165) is 61.3 Å². The fourth-order valence-corrected chi connectivity index (χ4v) is 4.49. The molecule has 32 heavy (non-hydrogen) atoms. The van der Waals surface area contributed by atoms with Crippen molar-refractivity contribution in [3.05, 3.63) is 64.0 Å². The number of halogens is 3. The molecule has 0 spiro atoms. The van der Waals surface area contributed by atoms with E-state index in [1.165, 1.54) is 12.3 Å². The molecular formula is C23H24F3N5O. The van der Waals surface area contributed by atoms with Crippen LogP contribution in [0.3, 0.4) is 0 Å². The second-order valence-corrected chi connectivity index (χ2v) is 8.72. The van der Waals surface area contributed by atoms with E-state index in [-0.39, 0.29) is 23.7 Å². The van der Waals surface area contributed by atoms with Crippen LogP contribution in [-0.4, -0.2) is 24.5 Å². The fourth-order valence-electron chi connectivity index (χ4n) is 4.49. The minimum absolute atomic E-state index is 0.0912. The number of hydrogen-bond acceptors (Lipinski definition) is 4. The molecule has 0 saturated heterocycles. The molecule has 0 aliphatic heterocycles. The molecule has 0 amide bonds. The van der Waals surface area contributed by atoms with Gasteiger partial charge >= 0.3 is 6.18 Å². The van der Waals surface area contributed by atoms with Gasteiger partial charge in [-0.1, -0.05) is 19.3 Å². The number of nitrogens with zero attached hydrogens (tertiary/aromatic N) is 5. The second kappa shape index (κ2) is 8.18. The molecule has 0 radical (unpaired) electrons. The molecule has 0 atom stereocenters. The van der Waals surface area contributed by atoms with Gasteiger partial charge in [0.05, 0.1) is 35.7 Å². The summed E-state index contributed by atoms with van der Waals surface area (Å²) >= 11 is 0. The Labute approximate surface area is 183 Å². The third-order valence-corrected chi connectivity index (χ3v) is 6.36. The lowest BCUT2D eigenvalue weighted by Gasteiger charge is -2.22. The first-order valence-electron chi connectivity index (χ1n) is 11.1. The quantitative estimate of drug-likeness (QED) is 0.560. The second-order valence-electron chi connectivity index (χ2n) is 8.72. The van der Waals surface area contributed by atoms with Crippen molar-refractivity contribution >= 4 is 0 Å². The zero-order chi connectivity index (χ0) is 22.3. The summed E-state index contributed by atoms with van der Waals surface area (Å²) in [6.07, 6.45) is 7.56. The van der Waals surface area contributed by atoms with E-state index < -0.39 is 11.7 Å². The number of rotatable bonds is 5. The van der Waals surface area contributed by atoms with Crippen molar-refractivity contribution in [3.63, 3.8) is 0 Å². The normalized spacial score (nSPS) is 17.6. The zero-order valence-electron chi connectivity index (χ0n) is 17.6. The van der Waals surface area contributed by atoms with E-state index in [2.05, 4.69) is 15.2 Å². The first-order valence-corrected chi connectivity index (χ1v) is 11.1. The summed E-state index contributed by atoms with van der Waals surface area (Å²) in [6.45, 7) is -0.334. The van der Waals surface area contributed by atoms with Crippen LogP contribution < -0.4 is 5.56 Å². The van der Waals surface area contributed by atoms with Crippen LogP contribution in [0.15, 0.2) is 41.6 Å². The Morgan fingerprint density at radius 3 is 2.59 bits per heavy atom. The molecule has 168 valence electrons. The fraction of sp³-hybridized carbons (Fsp3) is 0.478. The van der Waals surface area contributed by atoms with Crippen LogP contribution >= 0.6 is 0 Å². The summed E-state index contributed by atoms with van der Waals surface area (Å²) in [7, 11) is 0. The van der Waals surface area contributed by atoms with E-state index in [0.29, 0.717) is 17.3 Å². The van der Waals surface area contributed by atoms with E-state index in [9.17, 15) is 18.0 Å². The molecule has 6 nitrogen and oxygen atoms in total. The molecule has 0 N–H and O–H groups in total. The Hall–Kier alpha value is -2.97. The van der Waals surface area contributed by atoms with Gasteiger partial charge in [-0.3, -0.25) is 14.5 Å². The van der Waals surface area contributed by atoms with Crippen molar-refractivity contribution in [2.45, 2.75) is 69.6 Å². The summed E-state index contributed by atoms with van der Waals surface area (Å²) in [6, 6.07) is 4.44. The van der Waals surface area contributed by atoms with Gasteiger partial charge in [-0.2, -0.15) is 23.4 Å². The van der Waals surface area contributed by atoms with Crippen molar-refractivity contribution in [1.29, 1.82) is 0 Å². The molecule has 0 bridgehead atoms. The van der Waals surface area contributed by atoms with Crippen LogP contribution in [0.1, 0.15) is 73.7 Å². The smallest absolute Gasteiger partial charge is 0.269 e. The highest BCUT2D eigenvalue weighted by Gasteiger charge is 2.34. The minimum atomic E-state index is -4.55. The predicted octanol–water partition coefficient (Wildman–Crippen LogP) is 4.95. The maximum absolute atomic E-state index is 13.5. The van der Waals surface area contributed by atoms with Gasteiger partial charge in [0, 0.05) is 23.5 Å². The van der Waals surface area contributed by atoms with Gasteiger partial charge < -0.3 is 0 Å². The zero-order valence-corrected chi connectivity index (χ0v) is 17.6. The van der Waals surface area contributed by atoms with Crippen LogP contribution in [0, 0.1) is 0 Å². The molecule has 3 aromatic heterocycles. The lowest BCUT2D eigenvalue weighted by Crippen LogP contribution is -2.30. The van der Waals surface area contributed by atoms with Gasteiger partial charge in [-0.05, 0) is 49.8 Å². The summed E-state index contributed by atoms with van der Waals surface area (Å²) < 4.78 is 43.5. The maximum Gasteiger partial charge on any atom is 0.418 e. The average molecular weight is 443 g/mol. The highest BCUT2D eigenvalue weighted by molar-refractivity contribution is 5.57. The van der Waals surface area contributed by atoms with Crippen molar-refractivity contribution in [2.24, 2.45) is 0 Å².